The number of rotatable bonds is 6. The third-order valence-corrected chi connectivity index (χ3v) is 6.82. The first kappa shape index (κ1) is 34.0. The summed E-state index contributed by atoms with van der Waals surface area (Å²) >= 11 is 0. The van der Waals surface area contributed by atoms with Crippen molar-refractivity contribution in [2.75, 3.05) is 14.2 Å². The molecule has 0 unspecified atom stereocenters. The van der Waals surface area contributed by atoms with Crippen molar-refractivity contribution in [3.05, 3.63) is 46.5 Å². The standard InChI is InChI=1S/C30H42N2O4.BrH.Cr/c1-29(2,3)23-15-21(35-7)13-19(27(23)33)17-31-25-11-9-10-12-26(25)32-18-20-14-22(36-8)16-24(28(20)34)30(4,5)6;;/h13-18,25-26,33-34H,9-12H2,1-8H3;1H;/p-1/t25-,26-;;/m1../s1. The number of ether oxygens (including phenoxy) is 2. The van der Waals surface area contributed by atoms with Gasteiger partial charge < -0.3 is 36.7 Å². The van der Waals surface area contributed by atoms with Gasteiger partial charge in [-0.05, 0) is 47.9 Å². The Bertz CT molecular complexity index is 1050. The number of hydrogen-bond acceptors (Lipinski definition) is 6. The van der Waals surface area contributed by atoms with E-state index in [4.69, 9.17) is 19.5 Å². The van der Waals surface area contributed by atoms with Crippen LogP contribution in [-0.2, 0) is 28.2 Å². The number of aliphatic imine (C=N–C) groups is 2. The fraction of sp³-hybridized carbons (Fsp3) is 0.533. The van der Waals surface area contributed by atoms with E-state index >= 15 is 0 Å². The van der Waals surface area contributed by atoms with Gasteiger partial charge in [0.1, 0.15) is 23.0 Å². The zero-order valence-corrected chi connectivity index (χ0v) is 26.7. The van der Waals surface area contributed by atoms with Crippen LogP contribution in [0.25, 0.3) is 0 Å². The molecule has 0 aromatic heterocycles. The predicted molar refractivity (Wildman–Crippen MR) is 148 cm³/mol. The molecular weight excluding hydrogens is 584 g/mol. The molecular formula is C30H42BrCrN2O4-. The summed E-state index contributed by atoms with van der Waals surface area (Å²) in [5, 5.41) is 21.9. The van der Waals surface area contributed by atoms with Crippen LogP contribution >= 0.6 is 0 Å². The second-order valence-corrected chi connectivity index (χ2v) is 11.7. The molecule has 0 bridgehead atoms. The van der Waals surface area contributed by atoms with Gasteiger partial charge >= 0.3 is 0 Å². The van der Waals surface area contributed by atoms with Gasteiger partial charge in [-0.2, -0.15) is 0 Å². The number of nitrogens with zero attached hydrogens (tertiary/aromatic N) is 2. The van der Waals surface area contributed by atoms with E-state index in [-0.39, 0.29) is 68.8 Å². The van der Waals surface area contributed by atoms with Gasteiger partial charge in [0.15, 0.2) is 0 Å². The van der Waals surface area contributed by atoms with Crippen LogP contribution in [0.1, 0.15) is 89.5 Å². The zero-order valence-electron chi connectivity index (χ0n) is 23.8. The number of methoxy groups -OCH3 is 2. The molecule has 1 aliphatic rings. The summed E-state index contributed by atoms with van der Waals surface area (Å²) in [7, 11) is 3.26. The molecule has 0 radical (unpaired) electrons. The number of benzene rings is 2. The molecule has 2 N–H and O–H groups in total. The smallest absolute Gasteiger partial charge is 0.128 e. The third kappa shape index (κ3) is 8.24. The molecule has 2 aromatic rings. The van der Waals surface area contributed by atoms with Crippen molar-refractivity contribution in [3.8, 4) is 23.0 Å². The average molecular weight is 627 g/mol. The first-order chi connectivity index (χ1) is 16.8. The van der Waals surface area contributed by atoms with Gasteiger partial charge in [0.2, 0.25) is 0 Å². The maximum Gasteiger partial charge on any atom is 0.128 e. The molecule has 6 nitrogen and oxygen atoms in total. The van der Waals surface area contributed by atoms with Crippen molar-refractivity contribution in [1.29, 1.82) is 0 Å². The first-order valence-electron chi connectivity index (χ1n) is 12.7. The average Bonchev–Trinajstić information content (AvgIpc) is 2.81. The fourth-order valence-corrected chi connectivity index (χ4v) is 4.63. The van der Waals surface area contributed by atoms with Gasteiger partial charge in [-0.25, -0.2) is 0 Å². The van der Waals surface area contributed by atoms with E-state index in [0.717, 1.165) is 36.8 Å². The molecule has 1 saturated carbocycles. The van der Waals surface area contributed by atoms with Crippen LogP contribution in [0.2, 0.25) is 0 Å². The van der Waals surface area contributed by atoms with E-state index in [1.807, 2.05) is 24.3 Å². The molecule has 0 amide bonds. The van der Waals surface area contributed by atoms with E-state index in [2.05, 4.69) is 41.5 Å². The number of phenolic OH excluding ortho intramolecular Hbond substituents is 2. The van der Waals surface area contributed by atoms with Gasteiger partial charge in [0.05, 0.1) is 26.3 Å². The van der Waals surface area contributed by atoms with Crippen molar-refractivity contribution in [2.24, 2.45) is 9.98 Å². The van der Waals surface area contributed by atoms with Gasteiger partial charge in [-0.3, -0.25) is 9.98 Å². The molecule has 3 rings (SSSR count). The Labute approximate surface area is 249 Å². The molecule has 210 valence electrons. The molecule has 2 aromatic carbocycles. The van der Waals surface area contributed by atoms with E-state index in [0.29, 0.717) is 22.6 Å². The second-order valence-electron chi connectivity index (χ2n) is 11.7. The number of hydrogen-bond donors (Lipinski definition) is 2. The topological polar surface area (TPSA) is 83.6 Å². The molecule has 0 aliphatic heterocycles. The maximum absolute atomic E-state index is 10.9. The van der Waals surface area contributed by atoms with E-state index in [1.54, 1.807) is 26.6 Å². The van der Waals surface area contributed by atoms with Crippen molar-refractivity contribution >= 4 is 12.4 Å². The summed E-state index contributed by atoms with van der Waals surface area (Å²) < 4.78 is 11.0. The van der Waals surface area contributed by atoms with Gasteiger partial charge in [-0.15, -0.1) is 0 Å². The maximum atomic E-state index is 10.9. The van der Waals surface area contributed by atoms with E-state index in [9.17, 15) is 10.2 Å². The van der Waals surface area contributed by atoms with Crippen LogP contribution in [0.4, 0.5) is 0 Å². The van der Waals surface area contributed by atoms with Crippen LogP contribution in [0.15, 0.2) is 34.3 Å². The summed E-state index contributed by atoms with van der Waals surface area (Å²) in [6.07, 6.45) is 7.53. The van der Waals surface area contributed by atoms with Crippen LogP contribution in [0.3, 0.4) is 0 Å². The molecule has 0 saturated heterocycles. The van der Waals surface area contributed by atoms with Crippen LogP contribution < -0.4 is 26.5 Å². The van der Waals surface area contributed by atoms with Crippen LogP contribution in [0, 0.1) is 0 Å². The third-order valence-electron chi connectivity index (χ3n) is 6.82. The molecule has 8 heteroatoms. The van der Waals surface area contributed by atoms with E-state index < -0.39 is 0 Å². The summed E-state index contributed by atoms with van der Waals surface area (Å²) in [5.74, 6) is 1.86. The minimum Gasteiger partial charge on any atom is -1.00 e. The first-order valence-corrected chi connectivity index (χ1v) is 12.7. The fourth-order valence-electron chi connectivity index (χ4n) is 4.63. The second kappa shape index (κ2) is 13.9. The summed E-state index contributed by atoms with van der Waals surface area (Å²) in [6.45, 7) is 12.4. The molecule has 0 spiro atoms. The number of aromatic hydroxyl groups is 2. The van der Waals surface area contributed by atoms with Crippen molar-refractivity contribution in [3.63, 3.8) is 0 Å². The predicted octanol–water partition coefficient (Wildman–Crippen LogP) is 3.56. The van der Waals surface area contributed by atoms with Crippen LogP contribution in [-0.4, -0.2) is 48.9 Å². The molecule has 1 fully saturated rings. The minimum atomic E-state index is -0.233. The zero-order chi connectivity index (χ0) is 26.7. The van der Waals surface area contributed by atoms with Crippen molar-refractivity contribution < 1.29 is 54.0 Å². The molecule has 2 atom stereocenters. The van der Waals surface area contributed by atoms with Crippen LogP contribution in [0.5, 0.6) is 23.0 Å². The Hall–Kier alpha value is -2.01. The van der Waals surface area contributed by atoms with E-state index in [1.165, 1.54) is 0 Å². The Balaban J connectivity index is 0.00000361. The Morgan fingerprint density at radius 1 is 0.711 bits per heavy atom. The molecule has 1 aliphatic carbocycles. The number of halogens is 1. The van der Waals surface area contributed by atoms with Gasteiger partial charge in [0.25, 0.3) is 0 Å². The quantitative estimate of drug-likeness (QED) is 0.481. The minimum absolute atomic E-state index is 0. The molecule has 0 heterocycles. The number of phenols is 2. The Morgan fingerprint density at radius 3 is 1.34 bits per heavy atom. The van der Waals surface area contributed by atoms with Gasteiger partial charge in [-0.1, -0.05) is 54.4 Å². The summed E-state index contributed by atoms with van der Waals surface area (Å²) in [5.41, 5.74) is 2.47. The van der Waals surface area contributed by atoms with Gasteiger partial charge in [0, 0.05) is 52.0 Å². The van der Waals surface area contributed by atoms with Crippen molar-refractivity contribution in [2.45, 2.75) is 90.1 Å². The largest absolute Gasteiger partial charge is 1.00 e. The summed E-state index contributed by atoms with van der Waals surface area (Å²) in [6, 6.07) is 7.39. The monoisotopic (exact) mass is 625 g/mol. The summed E-state index contributed by atoms with van der Waals surface area (Å²) in [4.78, 5) is 9.76. The normalized spacial score (nSPS) is 18.2. The Kier molecular flexibility index (Phi) is 12.4. The van der Waals surface area contributed by atoms with Crippen molar-refractivity contribution in [1.82, 2.24) is 0 Å². The molecule has 38 heavy (non-hydrogen) atoms. The Morgan fingerprint density at radius 2 is 1.05 bits per heavy atom. The SMILES string of the molecule is COc1cc(C=N[C@@H]2CCCC[C@H]2N=Cc2cc(OC)cc(C(C)(C)C)c2O)c(O)c(C(C)(C)C)c1.[Br-].[Cr].